The average molecular weight is 1060 g/mol. The van der Waals surface area contributed by atoms with E-state index in [0.29, 0.717) is 19.3 Å². The first-order valence-corrected chi connectivity index (χ1v) is 33.9. The Bertz CT molecular complexity index is 1190. The highest BCUT2D eigenvalue weighted by Gasteiger charge is 2.28. The van der Waals surface area contributed by atoms with Crippen LogP contribution in [-0.4, -0.2) is 57.3 Å². The maximum absolute atomic E-state index is 12.6. The van der Waals surface area contributed by atoms with Gasteiger partial charge in [-0.1, -0.05) is 339 Å². The lowest BCUT2D eigenvalue weighted by atomic mass is 10.00. The third kappa shape index (κ3) is 57.0. The lowest BCUT2D eigenvalue weighted by Crippen LogP contribution is -2.53. The number of unbranched alkanes of at least 4 members (excludes halogenated alkanes) is 48. The van der Waals surface area contributed by atoms with Gasteiger partial charge in [0.1, 0.15) is 12.2 Å². The molecule has 75 heavy (non-hydrogen) atoms. The molecule has 444 valence electrons. The van der Waals surface area contributed by atoms with Gasteiger partial charge in [0, 0.05) is 0 Å². The van der Waals surface area contributed by atoms with Crippen molar-refractivity contribution in [3.63, 3.8) is 0 Å². The molecule has 0 aromatic heterocycles. The smallest absolute Gasteiger partial charge is 0.249 e. The van der Waals surface area contributed by atoms with Crippen LogP contribution in [-0.2, 0) is 4.79 Å². The van der Waals surface area contributed by atoms with Crippen LogP contribution in [0, 0.1) is 0 Å². The van der Waals surface area contributed by atoms with Gasteiger partial charge in [0.05, 0.1) is 18.8 Å². The number of carbonyl (C=O) groups excluding carboxylic acids is 1. The molecular weight excluding hydrogens is 923 g/mol. The second-order valence-electron chi connectivity index (χ2n) is 23.5. The van der Waals surface area contributed by atoms with E-state index >= 15 is 0 Å². The lowest BCUT2D eigenvalue weighted by molar-refractivity contribution is -0.132. The van der Waals surface area contributed by atoms with Crippen LogP contribution in [0.1, 0.15) is 367 Å². The molecular formula is C69H133NO5. The third-order valence-corrected chi connectivity index (χ3v) is 16.1. The summed E-state index contributed by atoms with van der Waals surface area (Å²) in [7, 11) is 0. The second-order valence-corrected chi connectivity index (χ2v) is 23.5. The molecule has 5 N–H and O–H groups in total. The average Bonchev–Trinajstić information content (AvgIpc) is 3.42. The van der Waals surface area contributed by atoms with E-state index in [0.717, 1.165) is 51.4 Å². The quantitative estimate of drug-likeness (QED) is 0.0308. The van der Waals surface area contributed by atoms with Crippen molar-refractivity contribution >= 4 is 5.91 Å². The molecule has 0 aromatic rings. The van der Waals surface area contributed by atoms with Gasteiger partial charge in [0.25, 0.3) is 0 Å². The predicted octanol–water partition coefficient (Wildman–Crippen LogP) is 20.7. The number of nitrogens with one attached hydrogen (secondary N) is 1. The summed E-state index contributed by atoms with van der Waals surface area (Å²) >= 11 is 0. The molecule has 0 aliphatic carbocycles. The van der Waals surface area contributed by atoms with Gasteiger partial charge >= 0.3 is 0 Å². The van der Waals surface area contributed by atoms with Gasteiger partial charge in [0.15, 0.2) is 0 Å². The van der Waals surface area contributed by atoms with E-state index in [1.807, 2.05) is 0 Å². The first kappa shape index (κ1) is 73.5. The molecule has 4 unspecified atom stereocenters. The van der Waals surface area contributed by atoms with Crippen molar-refractivity contribution in [2.75, 3.05) is 6.61 Å². The fraction of sp³-hybridized carbons (Fsp3) is 0.899. The molecule has 0 aliphatic heterocycles. The summed E-state index contributed by atoms with van der Waals surface area (Å²) in [6, 6.07) is -1.01. The van der Waals surface area contributed by atoms with E-state index in [1.54, 1.807) is 0 Å². The molecule has 6 nitrogen and oxygen atoms in total. The molecule has 0 radical (unpaired) electrons. The molecule has 0 heterocycles. The number of hydrogen-bond acceptors (Lipinski definition) is 5. The van der Waals surface area contributed by atoms with Gasteiger partial charge < -0.3 is 25.7 Å². The molecule has 0 spiro atoms. The molecule has 0 aliphatic rings. The monoisotopic (exact) mass is 1060 g/mol. The number of allylic oxidation sites excluding steroid dienone is 6. The molecule has 0 fully saturated rings. The Morgan fingerprint density at radius 1 is 0.320 bits per heavy atom. The van der Waals surface area contributed by atoms with Crippen LogP contribution in [0.3, 0.4) is 0 Å². The van der Waals surface area contributed by atoms with Crippen LogP contribution < -0.4 is 5.32 Å². The Morgan fingerprint density at radius 3 is 0.840 bits per heavy atom. The van der Waals surface area contributed by atoms with Gasteiger partial charge in [0.2, 0.25) is 5.91 Å². The van der Waals surface area contributed by atoms with Gasteiger partial charge in [-0.05, 0) is 64.2 Å². The van der Waals surface area contributed by atoms with E-state index in [-0.39, 0.29) is 0 Å². The summed E-state index contributed by atoms with van der Waals surface area (Å²) in [4.78, 5) is 12.6. The Balaban J connectivity index is 3.56. The Kier molecular flexibility index (Phi) is 62.1. The van der Waals surface area contributed by atoms with Gasteiger partial charge in [-0.15, -0.1) is 0 Å². The SMILES string of the molecule is CCCCCCCCCCCC/C=C/CC/C=C/CC/C=C/CCCC(O)C(O)C(CO)NC(=O)C(O)CCCCCCCCCCCCCCCCCCCCCCCCCCCCCCCCCCCCCC. The van der Waals surface area contributed by atoms with Crippen molar-refractivity contribution in [1.29, 1.82) is 0 Å². The van der Waals surface area contributed by atoms with Crippen molar-refractivity contribution in [2.24, 2.45) is 0 Å². The van der Waals surface area contributed by atoms with Gasteiger partial charge in [-0.2, -0.15) is 0 Å². The number of hydrogen-bond donors (Lipinski definition) is 5. The molecule has 0 saturated heterocycles. The minimum atomic E-state index is -1.29. The number of carbonyl (C=O) groups is 1. The Hall–Kier alpha value is -1.47. The number of aliphatic hydroxyl groups is 4. The van der Waals surface area contributed by atoms with E-state index in [1.165, 1.54) is 283 Å². The van der Waals surface area contributed by atoms with E-state index in [2.05, 4.69) is 55.6 Å². The molecule has 1 amide bonds. The Morgan fingerprint density at radius 2 is 0.560 bits per heavy atom. The summed E-state index contributed by atoms with van der Waals surface area (Å²) in [5.74, 6) is -0.593. The molecule has 0 bridgehead atoms. The van der Waals surface area contributed by atoms with Crippen molar-refractivity contribution in [2.45, 2.75) is 391 Å². The van der Waals surface area contributed by atoms with Gasteiger partial charge in [-0.3, -0.25) is 4.79 Å². The van der Waals surface area contributed by atoms with Crippen LogP contribution in [0.2, 0.25) is 0 Å². The van der Waals surface area contributed by atoms with E-state index < -0.39 is 36.9 Å². The van der Waals surface area contributed by atoms with Crippen LogP contribution >= 0.6 is 0 Å². The summed E-state index contributed by atoms with van der Waals surface area (Å²) in [6.45, 7) is 4.08. The molecule has 6 heteroatoms. The minimum Gasteiger partial charge on any atom is -0.394 e. The van der Waals surface area contributed by atoms with Crippen molar-refractivity contribution < 1.29 is 25.2 Å². The standard InChI is InChI=1S/C69H133NO5/c1-3-5-7-9-11-13-15-17-19-21-23-25-27-28-29-30-31-32-33-34-35-36-37-38-39-41-43-45-47-49-51-53-55-57-59-61-63-67(73)69(75)70-65(64-71)68(74)66(72)62-60-58-56-54-52-50-48-46-44-42-40-26-24-22-20-18-16-14-12-10-8-6-4-2/h26,40,46,48,54,56,65-68,71-74H,3-25,27-39,41-45,47,49-53,55,57-64H2,1-2H3,(H,70,75)/b40-26+,48-46+,56-54+. The Labute approximate surface area is 468 Å². The second kappa shape index (κ2) is 63.4. The minimum absolute atomic E-state index is 0.362. The predicted molar refractivity (Wildman–Crippen MR) is 330 cm³/mol. The summed E-state index contributed by atoms with van der Waals surface area (Å²) in [5.41, 5.74) is 0. The summed E-state index contributed by atoms with van der Waals surface area (Å²) < 4.78 is 0. The molecule has 0 rings (SSSR count). The number of rotatable bonds is 63. The fourth-order valence-corrected chi connectivity index (χ4v) is 10.8. The zero-order chi connectivity index (χ0) is 54.4. The zero-order valence-corrected chi connectivity index (χ0v) is 50.6. The molecule has 0 saturated carbocycles. The highest BCUT2D eigenvalue weighted by atomic mass is 16.3. The first-order chi connectivity index (χ1) is 37.0. The largest absolute Gasteiger partial charge is 0.394 e. The first-order valence-electron chi connectivity index (χ1n) is 33.9. The van der Waals surface area contributed by atoms with E-state index in [4.69, 9.17) is 0 Å². The lowest BCUT2D eigenvalue weighted by Gasteiger charge is -2.27. The van der Waals surface area contributed by atoms with Crippen LogP contribution in [0.15, 0.2) is 36.5 Å². The van der Waals surface area contributed by atoms with Crippen molar-refractivity contribution in [3.8, 4) is 0 Å². The summed E-state index contributed by atoms with van der Waals surface area (Å²) in [6.07, 6.45) is 81.3. The number of aliphatic hydroxyl groups excluding tert-OH is 4. The van der Waals surface area contributed by atoms with Gasteiger partial charge in [-0.25, -0.2) is 0 Å². The highest BCUT2D eigenvalue weighted by molar-refractivity contribution is 5.80. The molecule has 0 aromatic carbocycles. The normalized spacial score (nSPS) is 13.7. The number of amides is 1. The van der Waals surface area contributed by atoms with Crippen LogP contribution in [0.25, 0.3) is 0 Å². The topological polar surface area (TPSA) is 110 Å². The fourth-order valence-electron chi connectivity index (χ4n) is 10.8. The molecule has 4 atom stereocenters. The van der Waals surface area contributed by atoms with Crippen LogP contribution in [0.5, 0.6) is 0 Å². The van der Waals surface area contributed by atoms with Crippen LogP contribution in [0.4, 0.5) is 0 Å². The van der Waals surface area contributed by atoms with E-state index in [9.17, 15) is 25.2 Å². The van der Waals surface area contributed by atoms with Crippen molar-refractivity contribution in [1.82, 2.24) is 5.32 Å². The maximum Gasteiger partial charge on any atom is 0.249 e. The zero-order valence-electron chi connectivity index (χ0n) is 50.6. The maximum atomic E-state index is 12.6. The highest BCUT2D eigenvalue weighted by Crippen LogP contribution is 2.19. The summed E-state index contributed by atoms with van der Waals surface area (Å²) in [5, 5.41) is 44.1. The third-order valence-electron chi connectivity index (χ3n) is 16.1. The van der Waals surface area contributed by atoms with Crippen molar-refractivity contribution in [3.05, 3.63) is 36.5 Å².